The van der Waals surface area contributed by atoms with Crippen molar-refractivity contribution < 1.29 is 17.9 Å². The Morgan fingerprint density at radius 2 is 2.08 bits per heavy atom. The fraction of sp³-hybridized carbons (Fsp3) is 0.600. The SMILES string of the molecule is CCCCN(C)C(=NC)NCc1ccc(OCC(F)(F)F)nc1.I. The third-order valence-corrected chi connectivity index (χ3v) is 3.05. The molecule has 0 amide bonds. The molecule has 1 heterocycles. The summed E-state index contributed by atoms with van der Waals surface area (Å²) in [5.41, 5.74) is 0.828. The summed E-state index contributed by atoms with van der Waals surface area (Å²) in [6, 6.07) is 3.09. The standard InChI is InChI=1S/C15H23F3N4O.HI/c1-4-5-8-22(3)14(19-2)21-10-12-6-7-13(20-9-12)23-11-15(16,17)18;/h6-7,9H,4-5,8,10-11H2,1-3H3,(H,19,21);1H. The molecule has 24 heavy (non-hydrogen) atoms. The summed E-state index contributed by atoms with van der Waals surface area (Å²) >= 11 is 0. The maximum Gasteiger partial charge on any atom is 0.422 e. The van der Waals surface area contributed by atoms with E-state index in [1.54, 1.807) is 13.1 Å². The van der Waals surface area contributed by atoms with Gasteiger partial charge in [0.15, 0.2) is 12.6 Å². The number of unbranched alkanes of at least 4 members (excludes halogenated alkanes) is 1. The van der Waals surface area contributed by atoms with Gasteiger partial charge >= 0.3 is 6.18 Å². The minimum atomic E-state index is -4.36. The van der Waals surface area contributed by atoms with Crippen LogP contribution >= 0.6 is 24.0 Å². The normalized spacial score (nSPS) is 11.7. The van der Waals surface area contributed by atoms with Crippen LogP contribution in [0.1, 0.15) is 25.3 Å². The van der Waals surface area contributed by atoms with Crippen molar-refractivity contribution in [3.8, 4) is 5.88 Å². The molecule has 0 radical (unpaired) electrons. The molecule has 0 saturated carbocycles. The Labute approximate surface area is 157 Å². The molecule has 0 aromatic carbocycles. The number of alkyl halides is 3. The van der Waals surface area contributed by atoms with Crippen molar-refractivity contribution in [1.82, 2.24) is 15.2 Å². The van der Waals surface area contributed by atoms with Gasteiger partial charge in [-0.2, -0.15) is 13.2 Å². The summed E-state index contributed by atoms with van der Waals surface area (Å²) in [5, 5.41) is 3.19. The van der Waals surface area contributed by atoms with Crippen LogP contribution in [0.25, 0.3) is 0 Å². The van der Waals surface area contributed by atoms with E-state index in [0.29, 0.717) is 6.54 Å². The third kappa shape index (κ3) is 9.14. The number of ether oxygens (including phenoxy) is 1. The van der Waals surface area contributed by atoms with Crippen molar-refractivity contribution in [3.63, 3.8) is 0 Å². The fourth-order valence-corrected chi connectivity index (χ4v) is 1.82. The van der Waals surface area contributed by atoms with Gasteiger partial charge in [0.1, 0.15) is 0 Å². The fourth-order valence-electron chi connectivity index (χ4n) is 1.82. The number of rotatable bonds is 7. The monoisotopic (exact) mass is 460 g/mol. The van der Waals surface area contributed by atoms with E-state index in [9.17, 15) is 13.2 Å². The first kappa shape index (κ1) is 22.7. The molecule has 0 aliphatic rings. The lowest BCUT2D eigenvalue weighted by Crippen LogP contribution is -2.38. The van der Waals surface area contributed by atoms with Crippen molar-refractivity contribution in [2.75, 3.05) is 27.2 Å². The minimum absolute atomic E-state index is 0. The highest BCUT2D eigenvalue weighted by Gasteiger charge is 2.28. The largest absolute Gasteiger partial charge is 0.468 e. The summed E-state index contributed by atoms with van der Waals surface area (Å²) in [5.74, 6) is 0.714. The Kier molecular flexibility index (Phi) is 10.7. The van der Waals surface area contributed by atoms with Gasteiger partial charge in [-0.25, -0.2) is 4.98 Å². The first-order valence-electron chi connectivity index (χ1n) is 7.42. The average molecular weight is 460 g/mol. The molecule has 1 N–H and O–H groups in total. The van der Waals surface area contributed by atoms with Crippen LogP contribution in [0.3, 0.4) is 0 Å². The molecule has 0 unspecified atom stereocenters. The van der Waals surface area contributed by atoms with Gasteiger partial charge in [0.2, 0.25) is 5.88 Å². The van der Waals surface area contributed by atoms with E-state index in [-0.39, 0.29) is 29.9 Å². The lowest BCUT2D eigenvalue weighted by molar-refractivity contribution is -0.154. The number of pyridine rings is 1. The minimum Gasteiger partial charge on any atom is -0.468 e. The van der Waals surface area contributed by atoms with Gasteiger partial charge < -0.3 is 15.0 Å². The number of nitrogens with one attached hydrogen (secondary N) is 1. The highest BCUT2D eigenvalue weighted by molar-refractivity contribution is 14.0. The molecule has 1 aromatic heterocycles. The van der Waals surface area contributed by atoms with Crippen LogP contribution in [-0.2, 0) is 6.54 Å². The topological polar surface area (TPSA) is 49.8 Å². The van der Waals surface area contributed by atoms with Crippen molar-refractivity contribution in [2.24, 2.45) is 4.99 Å². The predicted octanol–water partition coefficient (Wildman–Crippen LogP) is 3.45. The number of hydrogen-bond donors (Lipinski definition) is 1. The molecule has 0 aliphatic heterocycles. The van der Waals surface area contributed by atoms with E-state index in [2.05, 4.69) is 27.0 Å². The van der Waals surface area contributed by atoms with Gasteiger partial charge in [0.05, 0.1) is 0 Å². The first-order chi connectivity index (χ1) is 10.9. The maximum atomic E-state index is 12.1. The van der Waals surface area contributed by atoms with Crippen molar-refractivity contribution >= 4 is 29.9 Å². The molecule has 0 spiro atoms. The summed E-state index contributed by atoms with van der Waals surface area (Å²) in [4.78, 5) is 10.1. The molecular formula is C15H24F3IN4O. The van der Waals surface area contributed by atoms with E-state index < -0.39 is 12.8 Å². The average Bonchev–Trinajstić information content (AvgIpc) is 2.51. The van der Waals surface area contributed by atoms with Crippen LogP contribution in [0, 0.1) is 0 Å². The third-order valence-electron chi connectivity index (χ3n) is 3.05. The van der Waals surface area contributed by atoms with Crippen molar-refractivity contribution in [3.05, 3.63) is 23.9 Å². The van der Waals surface area contributed by atoms with Gasteiger partial charge in [0, 0.05) is 39.4 Å². The van der Waals surface area contributed by atoms with E-state index >= 15 is 0 Å². The Bertz CT molecular complexity index is 494. The second-order valence-electron chi connectivity index (χ2n) is 5.08. The molecule has 0 bridgehead atoms. The number of aliphatic imine (C=N–C) groups is 1. The van der Waals surface area contributed by atoms with Crippen molar-refractivity contribution in [2.45, 2.75) is 32.5 Å². The second kappa shape index (κ2) is 11.3. The summed E-state index contributed by atoms with van der Waals surface area (Å²) in [6.45, 7) is 2.17. The zero-order chi connectivity index (χ0) is 17.3. The van der Waals surface area contributed by atoms with Gasteiger partial charge in [-0.3, -0.25) is 4.99 Å². The van der Waals surface area contributed by atoms with Gasteiger partial charge in [-0.1, -0.05) is 19.4 Å². The Balaban J connectivity index is 0.00000529. The Hall–Kier alpha value is -1.26. The highest BCUT2D eigenvalue weighted by Crippen LogP contribution is 2.17. The smallest absolute Gasteiger partial charge is 0.422 e. The van der Waals surface area contributed by atoms with E-state index in [1.165, 1.54) is 12.3 Å². The molecular weight excluding hydrogens is 436 g/mol. The molecule has 1 aromatic rings. The summed E-state index contributed by atoms with van der Waals surface area (Å²) < 4.78 is 40.7. The van der Waals surface area contributed by atoms with Crippen molar-refractivity contribution in [1.29, 1.82) is 0 Å². The molecule has 0 fully saturated rings. The Morgan fingerprint density at radius 1 is 1.38 bits per heavy atom. The molecule has 1 rings (SSSR count). The number of nitrogens with zero attached hydrogens (tertiary/aromatic N) is 3. The van der Waals surface area contributed by atoms with Crippen LogP contribution in [0.2, 0.25) is 0 Å². The molecule has 5 nitrogen and oxygen atoms in total. The number of aromatic nitrogens is 1. The molecule has 9 heteroatoms. The van der Waals surface area contributed by atoms with E-state index in [1.807, 2.05) is 11.9 Å². The van der Waals surface area contributed by atoms with Crippen LogP contribution < -0.4 is 10.1 Å². The number of halogens is 4. The van der Waals surface area contributed by atoms with Gasteiger partial charge in [-0.15, -0.1) is 24.0 Å². The quantitative estimate of drug-likeness (QED) is 0.385. The van der Waals surface area contributed by atoms with Crippen LogP contribution in [0.15, 0.2) is 23.3 Å². The first-order valence-corrected chi connectivity index (χ1v) is 7.42. The second-order valence-corrected chi connectivity index (χ2v) is 5.08. The maximum absolute atomic E-state index is 12.1. The van der Waals surface area contributed by atoms with Crippen LogP contribution in [0.4, 0.5) is 13.2 Å². The molecule has 0 atom stereocenters. The Morgan fingerprint density at radius 3 is 2.58 bits per heavy atom. The molecule has 0 saturated heterocycles. The summed E-state index contributed by atoms with van der Waals surface area (Å²) in [7, 11) is 3.66. The van der Waals surface area contributed by atoms with E-state index in [4.69, 9.17) is 0 Å². The predicted molar refractivity (Wildman–Crippen MR) is 98.9 cm³/mol. The van der Waals surface area contributed by atoms with Crippen LogP contribution in [0.5, 0.6) is 5.88 Å². The van der Waals surface area contributed by atoms with Crippen LogP contribution in [-0.4, -0.2) is 49.3 Å². The molecule has 0 aliphatic carbocycles. The zero-order valence-corrected chi connectivity index (χ0v) is 16.4. The lowest BCUT2D eigenvalue weighted by Gasteiger charge is -2.21. The zero-order valence-electron chi connectivity index (χ0n) is 14.1. The number of hydrogen-bond acceptors (Lipinski definition) is 3. The van der Waals surface area contributed by atoms with E-state index in [0.717, 1.165) is 30.9 Å². The molecule has 138 valence electrons. The van der Waals surface area contributed by atoms with Gasteiger partial charge in [-0.05, 0) is 12.0 Å². The highest BCUT2D eigenvalue weighted by atomic mass is 127. The number of guanidine groups is 1. The lowest BCUT2D eigenvalue weighted by atomic mass is 10.3. The summed E-state index contributed by atoms with van der Waals surface area (Å²) in [6.07, 6.45) is -0.704. The van der Waals surface area contributed by atoms with Gasteiger partial charge in [0.25, 0.3) is 0 Å².